The molecule has 0 aromatic heterocycles. The third kappa shape index (κ3) is 5.98. The molecule has 3 rings (SSSR count). The first-order valence-corrected chi connectivity index (χ1v) is 11.3. The highest BCUT2D eigenvalue weighted by Crippen LogP contribution is 2.26. The number of amides is 1. The van der Waals surface area contributed by atoms with E-state index in [1.165, 1.54) is 4.31 Å². The fourth-order valence-electron chi connectivity index (χ4n) is 2.76. The molecule has 0 fully saturated rings. The van der Waals surface area contributed by atoms with Crippen LogP contribution in [-0.4, -0.2) is 27.2 Å². The lowest BCUT2D eigenvalue weighted by Gasteiger charge is -2.23. The quantitative estimate of drug-likeness (QED) is 0.561. The number of rotatable bonds is 8. The van der Waals surface area contributed by atoms with Crippen molar-refractivity contribution in [2.24, 2.45) is 0 Å². The van der Waals surface area contributed by atoms with Crippen LogP contribution < -0.4 is 14.4 Å². The Morgan fingerprint density at radius 2 is 1.60 bits per heavy atom. The largest absolute Gasteiger partial charge is 0.484 e. The van der Waals surface area contributed by atoms with Crippen LogP contribution in [-0.2, 0) is 21.4 Å². The normalized spacial score (nSPS) is 11.0. The maximum atomic E-state index is 12.3. The van der Waals surface area contributed by atoms with Crippen molar-refractivity contribution in [1.82, 2.24) is 0 Å². The van der Waals surface area contributed by atoms with Crippen molar-refractivity contribution in [3.8, 4) is 5.75 Å². The number of carbonyl (C=O) groups excluding carboxylic acids is 1. The maximum absolute atomic E-state index is 12.3. The van der Waals surface area contributed by atoms with E-state index in [2.05, 4.69) is 5.32 Å². The van der Waals surface area contributed by atoms with Gasteiger partial charge >= 0.3 is 0 Å². The average molecular weight is 445 g/mol. The van der Waals surface area contributed by atoms with Crippen molar-refractivity contribution < 1.29 is 17.9 Å². The molecule has 0 saturated heterocycles. The van der Waals surface area contributed by atoms with Gasteiger partial charge in [-0.2, -0.15) is 0 Å². The number of halogens is 1. The molecular formula is C22H21ClN2O4S. The van der Waals surface area contributed by atoms with Crippen molar-refractivity contribution >= 4 is 38.9 Å². The Labute approximate surface area is 181 Å². The van der Waals surface area contributed by atoms with Gasteiger partial charge in [-0.25, -0.2) is 8.42 Å². The van der Waals surface area contributed by atoms with E-state index in [0.29, 0.717) is 27.7 Å². The zero-order chi connectivity index (χ0) is 21.6. The van der Waals surface area contributed by atoms with Crippen LogP contribution in [0.5, 0.6) is 5.75 Å². The number of hydrogen-bond donors (Lipinski definition) is 1. The topological polar surface area (TPSA) is 75.7 Å². The van der Waals surface area contributed by atoms with Crippen LogP contribution in [0.25, 0.3) is 0 Å². The van der Waals surface area contributed by atoms with Crippen LogP contribution in [0.1, 0.15) is 5.56 Å². The highest BCUT2D eigenvalue weighted by molar-refractivity contribution is 7.92. The molecule has 3 aromatic carbocycles. The molecule has 156 valence electrons. The molecule has 0 aliphatic rings. The molecule has 0 heterocycles. The number of carbonyl (C=O) groups is 1. The molecule has 0 spiro atoms. The van der Waals surface area contributed by atoms with Crippen LogP contribution in [0.4, 0.5) is 11.4 Å². The van der Waals surface area contributed by atoms with E-state index < -0.39 is 10.0 Å². The predicted molar refractivity (Wildman–Crippen MR) is 119 cm³/mol. The summed E-state index contributed by atoms with van der Waals surface area (Å²) in [4.78, 5) is 12.0. The summed E-state index contributed by atoms with van der Waals surface area (Å²) in [6.45, 7) is -0.0537. The van der Waals surface area contributed by atoms with Crippen molar-refractivity contribution in [3.63, 3.8) is 0 Å². The number of benzene rings is 3. The minimum Gasteiger partial charge on any atom is -0.484 e. The molecule has 0 unspecified atom stereocenters. The van der Waals surface area contributed by atoms with Gasteiger partial charge in [0, 0.05) is 10.7 Å². The Morgan fingerprint density at radius 3 is 2.23 bits per heavy atom. The zero-order valence-electron chi connectivity index (χ0n) is 16.3. The van der Waals surface area contributed by atoms with E-state index in [4.69, 9.17) is 16.3 Å². The maximum Gasteiger partial charge on any atom is 0.262 e. The first kappa shape index (κ1) is 21.7. The van der Waals surface area contributed by atoms with Crippen molar-refractivity contribution in [3.05, 3.63) is 89.4 Å². The molecule has 30 heavy (non-hydrogen) atoms. The van der Waals surface area contributed by atoms with Crippen LogP contribution in [0.3, 0.4) is 0 Å². The minimum atomic E-state index is -3.54. The number of sulfonamides is 1. The molecule has 6 nitrogen and oxygen atoms in total. The molecule has 8 heteroatoms. The van der Waals surface area contributed by atoms with E-state index in [1.54, 1.807) is 60.7 Å². The summed E-state index contributed by atoms with van der Waals surface area (Å²) in [6, 6.07) is 22.7. The van der Waals surface area contributed by atoms with Gasteiger partial charge in [0.1, 0.15) is 5.75 Å². The van der Waals surface area contributed by atoms with Crippen LogP contribution in [0.2, 0.25) is 5.02 Å². The molecule has 0 atom stereocenters. The number of hydrogen-bond acceptors (Lipinski definition) is 4. The standard InChI is InChI=1S/C22H21ClN2O4S/c1-30(27,28)25(15-17-7-5-6-10-21(17)23)19-11-13-20(14-12-19)29-16-22(26)24-18-8-3-2-4-9-18/h2-14H,15-16H2,1H3,(H,24,26). The SMILES string of the molecule is CS(=O)(=O)N(Cc1ccccc1Cl)c1ccc(OCC(=O)Nc2ccccc2)cc1. The van der Waals surface area contributed by atoms with Gasteiger partial charge in [-0.05, 0) is 48.0 Å². The lowest BCUT2D eigenvalue weighted by molar-refractivity contribution is -0.118. The lowest BCUT2D eigenvalue weighted by Crippen LogP contribution is -2.29. The fourth-order valence-corrected chi connectivity index (χ4v) is 3.83. The lowest BCUT2D eigenvalue weighted by atomic mass is 10.2. The van der Waals surface area contributed by atoms with Gasteiger partial charge in [0.2, 0.25) is 10.0 Å². The minimum absolute atomic E-state index is 0.109. The summed E-state index contributed by atoms with van der Waals surface area (Å²) < 4.78 is 31.4. The summed E-state index contributed by atoms with van der Waals surface area (Å²) in [7, 11) is -3.54. The molecule has 1 amide bonds. The summed E-state index contributed by atoms with van der Waals surface area (Å²) in [5.41, 5.74) is 1.85. The van der Waals surface area contributed by atoms with Gasteiger partial charge in [-0.3, -0.25) is 9.10 Å². The molecule has 0 saturated carbocycles. The Hall–Kier alpha value is -3.03. The van der Waals surface area contributed by atoms with Gasteiger partial charge < -0.3 is 10.1 Å². The summed E-state index contributed by atoms with van der Waals surface area (Å²) in [6.07, 6.45) is 1.14. The highest BCUT2D eigenvalue weighted by Gasteiger charge is 2.19. The Kier molecular flexibility index (Phi) is 6.97. The van der Waals surface area contributed by atoms with E-state index in [0.717, 1.165) is 6.26 Å². The van der Waals surface area contributed by atoms with Crippen molar-refractivity contribution in [2.75, 3.05) is 22.5 Å². The van der Waals surface area contributed by atoms with Crippen LogP contribution in [0, 0.1) is 0 Å². The number of para-hydroxylation sites is 1. The second-order valence-electron chi connectivity index (χ2n) is 6.56. The third-order valence-corrected chi connectivity index (χ3v) is 5.73. The molecule has 0 bridgehead atoms. The molecule has 0 aliphatic heterocycles. The summed E-state index contributed by atoms with van der Waals surface area (Å²) in [5, 5.41) is 3.23. The summed E-state index contributed by atoms with van der Waals surface area (Å²) >= 11 is 6.18. The van der Waals surface area contributed by atoms with Crippen molar-refractivity contribution in [1.29, 1.82) is 0 Å². The van der Waals surface area contributed by atoms with E-state index in [1.807, 2.05) is 18.2 Å². The number of nitrogens with zero attached hydrogens (tertiary/aromatic N) is 1. The molecule has 3 aromatic rings. The predicted octanol–water partition coefficient (Wildman–Crippen LogP) is 4.32. The zero-order valence-corrected chi connectivity index (χ0v) is 17.9. The molecule has 1 N–H and O–H groups in total. The van der Waals surface area contributed by atoms with E-state index in [9.17, 15) is 13.2 Å². The second-order valence-corrected chi connectivity index (χ2v) is 8.87. The third-order valence-electron chi connectivity index (χ3n) is 4.22. The molecular weight excluding hydrogens is 424 g/mol. The van der Waals surface area contributed by atoms with Crippen molar-refractivity contribution in [2.45, 2.75) is 6.54 Å². The van der Waals surface area contributed by atoms with Gasteiger partial charge in [0.25, 0.3) is 5.91 Å². The van der Waals surface area contributed by atoms with E-state index in [-0.39, 0.29) is 19.1 Å². The number of ether oxygens (including phenoxy) is 1. The smallest absolute Gasteiger partial charge is 0.262 e. The van der Waals surface area contributed by atoms with Crippen LogP contribution in [0.15, 0.2) is 78.9 Å². The Balaban J connectivity index is 1.66. The van der Waals surface area contributed by atoms with Gasteiger partial charge in [0.05, 0.1) is 18.5 Å². The Morgan fingerprint density at radius 1 is 0.967 bits per heavy atom. The summed E-state index contributed by atoms with van der Waals surface area (Å²) in [5.74, 6) is 0.162. The average Bonchev–Trinajstić information content (AvgIpc) is 2.72. The Bertz CT molecular complexity index is 1100. The van der Waals surface area contributed by atoms with Gasteiger partial charge in [-0.1, -0.05) is 48.0 Å². The van der Waals surface area contributed by atoms with E-state index >= 15 is 0 Å². The van der Waals surface area contributed by atoms with Gasteiger partial charge in [-0.15, -0.1) is 0 Å². The number of nitrogens with one attached hydrogen (secondary N) is 1. The number of anilines is 2. The second kappa shape index (κ2) is 9.65. The first-order chi connectivity index (χ1) is 14.3. The molecule has 0 radical (unpaired) electrons. The monoisotopic (exact) mass is 444 g/mol. The van der Waals surface area contributed by atoms with Crippen LogP contribution >= 0.6 is 11.6 Å². The first-order valence-electron chi connectivity index (χ1n) is 9.12. The molecule has 0 aliphatic carbocycles. The van der Waals surface area contributed by atoms with Gasteiger partial charge in [0.15, 0.2) is 6.61 Å². The highest BCUT2D eigenvalue weighted by atomic mass is 35.5. The fraction of sp³-hybridized carbons (Fsp3) is 0.136.